The van der Waals surface area contributed by atoms with Gasteiger partial charge in [-0.2, -0.15) is 5.10 Å². The zero-order chi connectivity index (χ0) is 14.0. The quantitative estimate of drug-likeness (QED) is 0.905. The first-order valence-electron chi connectivity index (χ1n) is 5.80. The molecule has 19 heavy (non-hydrogen) atoms. The van der Waals surface area contributed by atoms with Crippen LogP contribution in [0.4, 0.5) is 5.82 Å². The first-order chi connectivity index (χ1) is 8.97. The summed E-state index contributed by atoms with van der Waals surface area (Å²) in [5, 5.41) is 13.0. The van der Waals surface area contributed by atoms with E-state index in [0.29, 0.717) is 17.9 Å². The Balaban J connectivity index is 2.29. The van der Waals surface area contributed by atoms with Gasteiger partial charge in [0.2, 0.25) is 0 Å². The van der Waals surface area contributed by atoms with E-state index in [0.717, 1.165) is 15.7 Å². The second-order valence-corrected chi connectivity index (χ2v) is 5.15. The number of carboxylic acid groups (broad SMARTS) is 1. The molecule has 0 fully saturated rings. The number of nitrogens with two attached hydrogens (primary N) is 1. The number of nitrogen functional groups attached to an aromatic ring is 1. The molecular weight excluding hydrogens is 310 g/mol. The van der Waals surface area contributed by atoms with E-state index in [1.165, 1.54) is 0 Å². The summed E-state index contributed by atoms with van der Waals surface area (Å²) in [6.45, 7) is 2.00. The number of carboxylic acids is 1. The van der Waals surface area contributed by atoms with Crippen LogP contribution in [0.1, 0.15) is 17.7 Å². The van der Waals surface area contributed by atoms with Crippen LogP contribution < -0.4 is 5.73 Å². The number of rotatable bonds is 4. The van der Waals surface area contributed by atoms with Crippen LogP contribution in [0.15, 0.2) is 28.7 Å². The Morgan fingerprint density at radius 2 is 2.21 bits per heavy atom. The fraction of sp³-hybridized carbons (Fsp3) is 0.231. The van der Waals surface area contributed by atoms with Crippen molar-refractivity contribution in [2.24, 2.45) is 0 Å². The average Bonchev–Trinajstić information content (AvgIpc) is 2.72. The van der Waals surface area contributed by atoms with E-state index in [4.69, 9.17) is 10.8 Å². The van der Waals surface area contributed by atoms with Crippen LogP contribution in [0.25, 0.3) is 5.69 Å². The maximum atomic E-state index is 10.5. The molecule has 2 rings (SSSR count). The first-order valence-corrected chi connectivity index (χ1v) is 6.59. The molecule has 0 unspecified atom stereocenters. The smallest absolute Gasteiger partial charge is 0.303 e. The molecule has 0 bridgehead atoms. The van der Waals surface area contributed by atoms with Gasteiger partial charge in [-0.25, -0.2) is 4.68 Å². The predicted molar refractivity (Wildman–Crippen MR) is 76.4 cm³/mol. The van der Waals surface area contributed by atoms with E-state index in [1.807, 2.05) is 25.1 Å². The van der Waals surface area contributed by atoms with Crippen LogP contribution in [0.2, 0.25) is 0 Å². The normalized spacial score (nSPS) is 10.6. The van der Waals surface area contributed by atoms with Gasteiger partial charge >= 0.3 is 5.97 Å². The van der Waals surface area contributed by atoms with Crippen molar-refractivity contribution in [3.8, 4) is 5.69 Å². The zero-order valence-electron chi connectivity index (χ0n) is 10.4. The molecule has 0 aliphatic carbocycles. The molecule has 6 heteroatoms. The molecule has 0 aliphatic rings. The zero-order valence-corrected chi connectivity index (χ0v) is 12.0. The van der Waals surface area contributed by atoms with E-state index in [9.17, 15) is 4.79 Å². The highest BCUT2D eigenvalue weighted by Gasteiger charge is 2.09. The third-order valence-electron chi connectivity index (χ3n) is 2.78. The predicted octanol–water partition coefficient (Wildman–Crippen LogP) is 2.54. The van der Waals surface area contributed by atoms with Crippen molar-refractivity contribution in [1.82, 2.24) is 9.78 Å². The number of hydrogen-bond acceptors (Lipinski definition) is 3. The Kier molecular flexibility index (Phi) is 3.90. The molecule has 1 heterocycles. The minimum atomic E-state index is -0.841. The fourth-order valence-electron chi connectivity index (χ4n) is 1.72. The van der Waals surface area contributed by atoms with E-state index in [2.05, 4.69) is 21.0 Å². The third kappa shape index (κ3) is 3.14. The third-order valence-corrected chi connectivity index (χ3v) is 3.64. The van der Waals surface area contributed by atoms with Gasteiger partial charge in [-0.3, -0.25) is 4.79 Å². The lowest BCUT2D eigenvalue weighted by molar-refractivity contribution is -0.136. The van der Waals surface area contributed by atoms with Crippen molar-refractivity contribution >= 4 is 27.7 Å². The number of aryl methyl sites for hydroxylation is 2. The van der Waals surface area contributed by atoms with Crippen molar-refractivity contribution in [2.45, 2.75) is 19.8 Å². The SMILES string of the molecule is Cc1ccc(-n2nc(CCC(=O)O)cc2N)cc1Br. The van der Waals surface area contributed by atoms with Gasteiger partial charge in [-0.15, -0.1) is 0 Å². The van der Waals surface area contributed by atoms with Crippen LogP contribution >= 0.6 is 15.9 Å². The molecule has 0 saturated heterocycles. The number of aromatic nitrogens is 2. The molecule has 0 spiro atoms. The Morgan fingerprint density at radius 1 is 1.47 bits per heavy atom. The lowest BCUT2D eigenvalue weighted by Crippen LogP contribution is -2.03. The molecule has 0 saturated carbocycles. The Hall–Kier alpha value is -1.82. The minimum absolute atomic E-state index is 0.0496. The van der Waals surface area contributed by atoms with Crippen molar-refractivity contribution in [2.75, 3.05) is 5.73 Å². The average molecular weight is 324 g/mol. The van der Waals surface area contributed by atoms with Crippen LogP contribution in [0.3, 0.4) is 0 Å². The summed E-state index contributed by atoms with van der Waals surface area (Å²) in [4.78, 5) is 10.5. The van der Waals surface area contributed by atoms with Gasteiger partial charge in [-0.1, -0.05) is 22.0 Å². The Labute approximate surface area is 119 Å². The van der Waals surface area contributed by atoms with Crippen LogP contribution in [-0.2, 0) is 11.2 Å². The summed E-state index contributed by atoms with van der Waals surface area (Å²) < 4.78 is 2.59. The van der Waals surface area contributed by atoms with E-state index in [1.54, 1.807) is 10.7 Å². The fourth-order valence-corrected chi connectivity index (χ4v) is 2.09. The minimum Gasteiger partial charge on any atom is -0.481 e. The lowest BCUT2D eigenvalue weighted by Gasteiger charge is -2.06. The highest BCUT2D eigenvalue weighted by molar-refractivity contribution is 9.10. The van der Waals surface area contributed by atoms with Crippen molar-refractivity contribution in [3.05, 3.63) is 40.0 Å². The molecular formula is C13H14BrN3O2. The first kappa shape index (κ1) is 13.6. The Morgan fingerprint density at radius 3 is 2.84 bits per heavy atom. The molecule has 5 nitrogen and oxygen atoms in total. The maximum absolute atomic E-state index is 10.5. The van der Waals surface area contributed by atoms with Gasteiger partial charge in [0, 0.05) is 17.0 Å². The van der Waals surface area contributed by atoms with Crippen LogP contribution in [0, 0.1) is 6.92 Å². The number of anilines is 1. The van der Waals surface area contributed by atoms with E-state index >= 15 is 0 Å². The van der Waals surface area contributed by atoms with E-state index < -0.39 is 5.97 Å². The Bertz CT molecular complexity index is 622. The van der Waals surface area contributed by atoms with E-state index in [-0.39, 0.29) is 6.42 Å². The molecule has 1 aromatic heterocycles. The maximum Gasteiger partial charge on any atom is 0.303 e. The second kappa shape index (κ2) is 5.44. The summed E-state index contributed by atoms with van der Waals surface area (Å²) in [7, 11) is 0. The van der Waals surface area contributed by atoms with Crippen LogP contribution in [-0.4, -0.2) is 20.9 Å². The lowest BCUT2D eigenvalue weighted by atomic mass is 10.2. The molecule has 1 aromatic carbocycles. The monoisotopic (exact) mass is 323 g/mol. The van der Waals surface area contributed by atoms with Crippen molar-refractivity contribution in [3.63, 3.8) is 0 Å². The number of hydrogen-bond donors (Lipinski definition) is 2. The van der Waals surface area contributed by atoms with Crippen molar-refractivity contribution in [1.29, 1.82) is 0 Å². The summed E-state index contributed by atoms with van der Waals surface area (Å²) in [5.74, 6) is -0.345. The van der Waals surface area contributed by atoms with Crippen molar-refractivity contribution < 1.29 is 9.90 Å². The molecule has 100 valence electrons. The van der Waals surface area contributed by atoms with Gasteiger partial charge < -0.3 is 10.8 Å². The number of aliphatic carboxylic acids is 1. The van der Waals surface area contributed by atoms with Gasteiger partial charge in [0.25, 0.3) is 0 Å². The summed E-state index contributed by atoms with van der Waals surface area (Å²) in [6.07, 6.45) is 0.424. The van der Waals surface area contributed by atoms with Crippen LogP contribution in [0.5, 0.6) is 0 Å². The highest BCUT2D eigenvalue weighted by atomic mass is 79.9. The second-order valence-electron chi connectivity index (χ2n) is 4.30. The number of carbonyl (C=O) groups is 1. The summed E-state index contributed by atoms with van der Waals surface area (Å²) in [6, 6.07) is 7.53. The van der Waals surface area contributed by atoms with Gasteiger partial charge in [-0.05, 0) is 24.6 Å². The molecule has 0 radical (unpaired) electrons. The molecule has 0 atom stereocenters. The summed E-state index contributed by atoms with van der Waals surface area (Å²) >= 11 is 3.46. The van der Waals surface area contributed by atoms with Gasteiger partial charge in [0.1, 0.15) is 5.82 Å². The molecule has 0 aliphatic heterocycles. The largest absolute Gasteiger partial charge is 0.481 e. The topological polar surface area (TPSA) is 81.1 Å². The number of halogens is 1. The number of nitrogens with zero attached hydrogens (tertiary/aromatic N) is 2. The van der Waals surface area contributed by atoms with Gasteiger partial charge in [0.05, 0.1) is 17.8 Å². The molecule has 2 aromatic rings. The van der Waals surface area contributed by atoms with Gasteiger partial charge in [0.15, 0.2) is 0 Å². The highest BCUT2D eigenvalue weighted by Crippen LogP contribution is 2.22. The number of benzene rings is 1. The molecule has 3 N–H and O–H groups in total. The standard InChI is InChI=1S/C13H14BrN3O2/c1-8-2-4-10(7-11(8)14)17-12(15)6-9(16-17)3-5-13(18)19/h2,4,6-7H,3,5,15H2,1H3,(H,18,19). The summed E-state index contributed by atoms with van der Waals surface area (Å²) in [5.41, 5.74) is 8.55. The molecule has 0 amide bonds.